The van der Waals surface area contributed by atoms with Gasteiger partial charge in [-0.05, 0) is 57.6 Å². The van der Waals surface area contributed by atoms with Gasteiger partial charge in [-0.15, -0.1) is 0 Å². The zero-order chi connectivity index (χ0) is 33.4. The van der Waals surface area contributed by atoms with Gasteiger partial charge in [-0.3, -0.25) is 19.0 Å². The molecule has 4 N–H and O–H groups in total. The molecule has 0 unspecified atom stereocenters. The van der Waals surface area contributed by atoms with Gasteiger partial charge >= 0.3 is 10.2 Å². The molecule has 0 bridgehead atoms. The summed E-state index contributed by atoms with van der Waals surface area (Å²) in [5.74, 6) is -2.12. The van der Waals surface area contributed by atoms with Crippen molar-refractivity contribution in [3.05, 3.63) is 35.9 Å². The van der Waals surface area contributed by atoms with E-state index in [4.69, 9.17) is 15.5 Å². The SMILES string of the molecule is CCc1cccc2c1nc(O[C@@H]1C[C@H]3C(=O)N[C@]4(C(=O)NS(=O)(=O)N(C)C)C[C@H]4/C=C\CCCCC[C@H](N)C(=O)N3C1)n2C(C)C. The van der Waals surface area contributed by atoms with E-state index in [2.05, 4.69) is 17.0 Å². The van der Waals surface area contributed by atoms with Crippen LogP contribution in [0.15, 0.2) is 30.4 Å². The van der Waals surface area contributed by atoms with Crippen LogP contribution in [0.2, 0.25) is 0 Å². The third-order valence-electron chi connectivity index (χ3n) is 9.33. The maximum absolute atomic E-state index is 14.0. The van der Waals surface area contributed by atoms with Crippen LogP contribution in [-0.2, 0) is 31.0 Å². The summed E-state index contributed by atoms with van der Waals surface area (Å²) >= 11 is 0. The van der Waals surface area contributed by atoms with Gasteiger partial charge in [0.25, 0.3) is 11.9 Å². The number of ether oxygens (including phenoxy) is 1. The number of aryl methyl sites for hydroxylation is 1. The molecule has 46 heavy (non-hydrogen) atoms. The number of nitrogens with one attached hydrogen (secondary N) is 2. The van der Waals surface area contributed by atoms with Crippen molar-refractivity contribution >= 4 is 39.0 Å². The molecule has 0 spiro atoms. The van der Waals surface area contributed by atoms with Gasteiger partial charge in [0.1, 0.15) is 17.7 Å². The average Bonchev–Trinajstić information content (AvgIpc) is 3.33. The fourth-order valence-electron chi connectivity index (χ4n) is 6.53. The van der Waals surface area contributed by atoms with Crippen LogP contribution in [-0.4, -0.2) is 89.3 Å². The lowest BCUT2D eigenvalue weighted by Gasteiger charge is -2.28. The first-order valence-electron chi connectivity index (χ1n) is 16.2. The topological polar surface area (TPSA) is 169 Å². The van der Waals surface area contributed by atoms with Gasteiger partial charge in [0.2, 0.25) is 11.8 Å². The number of aromatic nitrogens is 2. The molecule has 1 saturated heterocycles. The van der Waals surface area contributed by atoms with Crippen LogP contribution in [0.25, 0.3) is 11.0 Å². The van der Waals surface area contributed by atoms with Crippen molar-refractivity contribution in [3.8, 4) is 6.01 Å². The van der Waals surface area contributed by atoms with E-state index in [9.17, 15) is 22.8 Å². The molecule has 3 aliphatic rings. The summed E-state index contributed by atoms with van der Waals surface area (Å²) in [6, 6.07) is 4.72. The number of hydrogen-bond donors (Lipinski definition) is 3. The Hall–Kier alpha value is -3.49. The number of carbonyl (C=O) groups is 3. The fraction of sp³-hybridized carbons (Fsp3) is 0.625. The van der Waals surface area contributed by atoms with Crippen LogP contribution in [0.1, 0.15) is 77.3 Å². The fourth-order valence-corrected chi connectivity index (χ4v) is 7.13. The van der Waals surface area contributed by atoms with Gasteiger partial charge in [0.15, 0.2) is 0 Å². The molecular formula is C32H47N7O6S. The second kappa shape index (κ2) is 13.3. The van der Waals surface area contributed by atoms with Gasteiger partial charge < -0.3 is 20.7 Å². The van der Waals surface area contributed by atoms with Crippen molar-refractivity contribution in [1.29, 1.82) is 0 Å². The van der Waals surface area contributed by atoms with Crippen LogP contribution in [0.3, 0.4) is 0 Å². The Labute approximate surface area is 271 Å². The summed E-state index contributed by atoms with van der Waals surface area (Å²) in [5.41, 5.74) is 7.81. The molecule has 3 amide bonds. The van der Waals surface area contributed by atoms with Crippen LogP contribution >= 0.6 is 0 Å². The highest BCUT2D eigenvalue weighted by atomic mass is 32.2. The number of allylic oxidation sites excluding steroid dienone is 1. The van der Waals surface area contributed by atoms with Gasteiger partial charge in [-0.25, -0.2) is 4.72 Å². The first-order chi connectivity index (χ1) is 21.8. The predicted molar refractivity (Wildman–Crippen MR) is 174 cm³/mol. The largest absolute Gasteiger partial charge is 0.459 e. The Kier molecular flexibility index (Phi) is 9.81. The van der Waals surface area contributed by atoms with Crippen molar-refractivity contribution in [2.45, 2.75) is 102 Å². The van der Waals surface area contributed by atoms with Crippen molar-refractivity contribution in [2.75, 3.05) is 20.6 Å². The molecule has 13 nitrogen and oxygen atoms in total. The monoisotopic (exact) mass is 657 g/mol. The number of para-hydroxylation sites is 1. The summed E-state index contributed by atoms with van der Waals surface area (Å²) in [7, 11) is -1.47. The summed E-state index contributed by atoms with van der Waals surface area (Å²) in [6.45, 7) is 6.28. The van der Waals surface area contributed by atoms with E-state index >= 15 is 0 Å². The minimum Gasteiger partial charge on any atom is -0.459 e. The van der Waals surface area contributed by atoms with Crippen molar-refractivity contribution in [3.63, 3.8) is 0 Å². The third kappa shape index (κ3) is 6.65. The van der Waals surface area contributed by atoms with Gasteiger partial charge in [0, 0.05) is 32.5 Å². The number of benzene rings is 1. The summed E-state index contributed by atoms with van der Waals surface area (Å²) < 4.78 is 36.6. The maximum Gasteiger partial charge on any atom is 0.303 e. The molecule has 1 aromatic heterocycles. The zero-order valence-corrected chi connectivity index (χ0v) is 28.2. The Morgan fingerprint density at radius 1 is 1.24 bits per heavy atom. The highest BCUT2D eigenvalue weighted by Gasteiger charge is 2.61. The smallest absolute Gasteiger partial charge is 0.303 e. The number of nitrogens with two attached hydrogens (primary N) is 1. The Balaban J connectivity index is 1.46. The lowest BCUT2D eigenvalue weighted by molar-refractivity contribution is -0.140. The molecular weight excluding hydrogens is 610 g/mol. The lowest BCUT2D eigenvalue weighted by Crippen LogP contribution is -2.58. The van der Waals surface area contributed by atoms with E-state index in [-0.39, 0.29) is 31.3 Å². The summed E-state index contributed by atoms with van der Waals surface area (Å²) in [6.07, 6.45) is 8.23. The second-order valence-electron chi connectivity index (χ2n) is 13.1. The predicted octanol–water partition coefficient (Wildman–Crippen LogP) is 2.17. The molecule has 1 saturated carbocycles. The van der Waals surface area contributed by atoms with E-state index in [1.807, 2.05) is 48.8 Å². The molecule has 3 heterocycles. The Morgan fingerprint density at radius 2 is 2.00 bits per heavy atom. The number of carbonyl (C=O) groups excluding carboxylic acids is 3. The lowest BCUT2D eigenvalue weighted by atomic mass is 10.1. The molecule has 1 aliphatic carbocycles. The first-order valence-corrected chi connectivity index (χ1v) is 17.7. The van der Waals surface area contributed by atoms with E-state index in [1.165, 1.54) is 19.0 Å². The van der Waals surface area contributed by atoms with E-state index in [0.29, 0.717) is 12.4 Å². The minimum absolute atomic E-state index is 0.0361. The summed E-state index contributed by atoms with van der Waals surface area (Å²) in [4.78, 5) is 47.6. The first kappa shape index (κ1) is 33.9. The minimum atomic E-state index is -4.10. The molecule has 2 fully saturated rings. The normalized spacial score (nSPS) is 28.3. The molecule has 0 radical (unpaired) electrons. The highest BCUT2D eigenvalue weighted by molar-refractivity contribution is 7.87. The van der Waals surface area contributed by atoms with Crippen molar-refractivity contribution < 1.29 is 27.5 Å². The van der Waals surface area contributed by atoms with Crippen LogP contribution in [0.4, 0.5) is 0 Å². The third-order valence-corrected chi connectivity index (χ3v) is 10.7. The van der Waals surface area contributed by atoms with Crippen molar-refractivity contribution in [1.82, 2.24) is 28.8 Å². The summed E-state index contributed by atoms with van der Waals surface area (Å²) in [5, 5.41) is 2.86. The maximum atomic E-state index is 14.0. The number of rotatable bonds is 7. The number of imidazole rings is 1. The van der Waals surface area contributed by atoms with Crippen molar-refractivity contribution in [2.24, 2.45) is 11.7 Å². The van der Waals surface area contributed by atoms with Crippen LogP contribution in [0.5, 0.6) is 6.01 Å². The zero-order valence-electron chi connectivity index (χ0n) is 27.4. The molecule has 1 aromatic carbocycles. The second-order valence-corrected chi connectivity index (χ2v) is 15.0. The standard InChI is InChI=1S/C32H47N7O6S/c1-6-21-13-12-16-25-27(21)34-31(39(25)20(2)3)45-23-17-26-28(40)35-32(30(42)36-46(43,44)37(4)5)18-22(32)14-10-8-7-9-11-15-24(33)29(41)38(26)19-23/h10,12-14,16,20,22-24,26H,6-9,11,15,17-19,33H2,1-5H3,(H,35,40)(H,36,42)/b14-10-/t22-,23-,24+,26+,32-/m1/s1. The molecule has 14 heteroatoms. The highest BCUT2D eigenvalue weighted by Crippen LogP contribution is 2.46. The number of nitrogens with zero attached hydrogens (tertiary/aromatic N) is 4. The van der Waals surface area contributed by atoms with Gasteiger partial charge in [-0.1, -0.05) is 44.1 Å². The Bertz CT molecular complexity index is 1620. The average molecular weight is 658 g/mol. The van der Waals surface area contributed by atoms with Crippen LogP contribution < -0.4 is 20.5 Å². The van der Waals surface area contributed by atoms with Crippen LogP contribution in [0, 0.1) is 5.92 Å². The molecule has 2 aliphatic heterocycles. The van der Waals surface area contributed by atoms with E-state index < -0.39 is 51.7 Å². The number of fused-ring (bicyclic) bond motifs is 3. The molecule has 5 atom stereocenters. The van der Waals surface area contributed by atoms with E-state index in [0.717, 1.165) is 53.0 Å². The van der Waals surface area contributed by atoms with Gasteiger partial charge in [-0.2, -0.15) is 17.7 Å². The molecule has 252 valence electrons. The molecule has 5 rings (SSSR count). The number of hydrogen-bond acceptors (Lipinski definition) is 8. The van der Waals surface area contributed by atoms with Gasteiger partial charge in [0.05, 0.1) is 23.6 Å². The quantitative estimate of drug-likeness (QED) is 0.381. The molecule has 2 aromatic rings. The number of amides is 3. The Morgan fingerprint density at radius 3 is 2.70 bits per heavy atom. The van der Waals surface area contributed by atoms with E-state index in [1.54, 1.807) is 0 Å².